The number of non-ortho nitro benzene ring substituents is 1. The highest BCUT2D eigenvalue weighted by molar-refractivity contribution is 9.12. The number of aromatic hydroxyl groups is 1. The first-order valence-corrected chi connectivity index (χ1v) is 13.9. The number of nitro benzene ring substituents is 1. The summed E-state index contributed by atoms with van der Waals surface area (Å²) < 4.78 is 0.108. The van der Waals surface area contributed by atoms with Crippen molar-refractivity contribution >= 4 is 50.7 Å². The molecule has 2 aromatic rings. The molecule has 2 amide bonds. The average molecular weight is 615 g/mol. The van der Waals surface area contributed by atoms with E-state index in [0.717, 1.165) is 4.90 Å². The van der Waals surface area contributed by atoms with Crippen molar-refractivity contribution in [1.29, 1.82) is 0 Å². The van der Waals surface area contributed by atoms with Gasteiger partial charge in [-0.2, -0.15) is 0 Å². The quantitative estimate of drug-likeness (QED) is 0.165. The summed E-state index contributed by atoms with van der Waals surface area (Å²) in [5, 5.41) is 22.7. The van der Waals surface area contributed by atoms with Crippen LogP contribution in [-0.4, -0.2) is 33.4 Å². The number of amides is 2. The number of anilines is 1. The van der Waals surface area contributed by atoms with E-state index in [1.165, 1.54) is 30.3 Å². The molecule has 4 aliphatic rings. The molecule has 6 rings (SSSR count). The number of benzene rings is 2. The monoisotopic (exact) mass is 614 g/mol. The minimum Gasteiger partial charge on any atom is -0.507 e. The summed E-state index contributed by atoms with van der Waals surface area (Å²) in [6.45, 7) is 3.74. The lowest BCUT2D eigenvalue weighted by Gasteiger charge is -2.42. The van der Waals surface area contributed by atoms with E-state index >= 15 is 0 Å². The Morgan fingerprint density at radius 2 is 1.85 bits per heavy atom. The predicted octanol–water partition coefficient (Wildman–Crippen LogP) is 5.00. The Balaban J connectivity index is 1.49. The molecular weight excluding hydrogens is 592 g/mol. The first kappa shape index (κ1) is 26.8. The van der Waals surface area contributed by atoms with Crippen LogP contribution < -0.4 is 4.90 Å². The van der Waals surface area contributed by atoms with Crippen molar-refractivity contribution in [3.8, 4) is 5.75 Å². The number of carbonyl (C=O) groups is 4. The predicted molar refractivity (Wildman–Crippen MR) is 152 cm³/mol. The van der Waals surface area contributed by atoms with Crippen LogP contribution in [0.4, 0.5) is 11.4 Å². The molecule has 1 aliphatic heterocycles. The van der Waals surface area contributed by atoms with Crippen LogP contribution in [0.2, 0.25) is 0 Å². The summed E-state index contributed by atoms with van der Waals surface area (Å²) >= 11 is 3.20. The number of ketones is 2. The summed E-state index contributed by atoms with van der Waals surface area (Å²) in [6, 6.07) is 10.6. The molecule has 9 nitrogen and oxygen atoms in total. The van der Waals surface area contributed by atoms with Crippen LogP contribution in [0.25, 0.3) is 0 Å². The number of allylic oxidation sites excluding steroid dienone is 7. The third-order valence-electron chi connectivity index (χ3n) is 8.46. The number of nitrogens with zero attached hydrogens (tertiary/aromatic N) is 2. The van der Waals surface area contributed by atoms with Crippen molar-refractivity contribution in [1.82, 2.24) is 0 Å². The van der Waals surface area contributed by atoms with E-state index < -0.39 is 40.4 Å². The molecular formula is C31H23BrN2O7. The topological polar surface area (TPSA) is 135 Å². The average Bonchev–Trinajstić information content (AvgIpc) is 3.21. The molecule has 10 heteroatoms. The number of fused-ring (bicyclic) bond motifs is 3. The van der Waals surface area contributed by atoms with Crippen molar-refractivity contribution in [2.45, 2.75) is 25.2 Å². The summed E-state index contributed by atoms with van der Waals surface area (Å²) in [7, 11) is 0. The zero-order chi connectivity index (χ0) is 29.2. The van der Waals surface area contributed by atoms with E-state index in [2.05, 4.69) is 22.5 Å². The number of phenols is 1. The Labute approximate surface area is 242 Å². The summed E-state index contributed by atoms with van der Waals surface area (Å²) in [5.74, 6) is -4.69. The van der Waals surface area contributed by atoms with E-state index in [4.69, 9.17) is 0 Å². The van der Waals surface area contributed by atoms with Crippen molar-refractivity contribution in [2.75, 3.05) is 4.90 Å². The number of imide groups is 1. The lowest BCUT2D eigenvalue weighted by molar-refractivity contribution is -0.384. The fourth-order valence-corrected chi connectivity index (χ4v) is 7.17. The van der Waals surface area contributed by atoms with Gasteiger partial charge in [0.2, 0.25) is 11.8 Å². The van der Waals surface area contributed by atoms with Crippen LogP contribution in [0.5, 0.6) is 5.75 Å². The van der Waals surface area contributed by atoms with Gasteiger partial charge in [-0.25, -0.2) is 4.90 Å². The minimum atomic E-state index is -0.843. The maximum absolute atomic E-state index is 14.0. The minimum absolute atomic E-state index is 0.0196. The lowest BCUT2D eigenvalue weighted by atomic mass is 9.59. The molecule has 4 atom stereocenters. The fraction of sp³-hybridized carbons (Fsp3) is 0.226. The van der Waals surface area contributed by atoms with Crippen LogP contribution in [0.15, 0.2) is 88.5 Å². The highest BCUT2D eigenvalue weighted by atomic mass is 79.9. The number of hydrogen-bond donors (Lipinski definition) is 1. The maximum Gasteiger partial charge on any atom is 0.271 e. The number of Topliss-reactive ketones (excluding diaryl/α,β-unsaturated/α-hetero) is 1. The van der Waals surface area contributed by atoms with Gasteiger partial charge in [-0.1, -0.05) is 42.0 Å². The molecule has 0 unspecified atom stereocenters. The van der Waals surface area contributed by atoms with Gasteiger partial charge in [0.1, 0.15) is 5.75 Å². The van der Waals surface area contributed by atoms with Gasteiger partial charge in [0.15, 0.2) is 11.6 Å². The molecule has 0 radical (unpaired) electrons. The largest absolute Gasteiger partial charge is 0.507 e. The normalized spacial score (nSPS) is 25.3. The molecule has 1 N–H and O–H groups in total. The molecule has 0 aromatic heterocycles. The molecule has 0 spiro atoms. The third kappa shape index (κ3) is 4.04. The molecule has 0 bridgehead atoms. The van der Waals surface area contributed by atoms with E-state index in [9.17, 15) is 34.4 Å². The number of nitro groups is 1. The van der Waals surface area contributed by atoms with E-state index in [0.29, 0.717) is 23.1 Å². The van der Waals surface area contributed by atoms with Crippen LogP contribution in [-0.2, 0) is 25.6 Å². The molecule has 3 aliphatic carbocycles. The van der Waals surface area contributed by atoms with Gasteiger partial charge in [-0.05, 0) is 52.7 Å². The molecule has 1 heterocycles. The molecule has 1 fully saturated rings. The Morgan fingerprint density at radius 1 is 1.10 bits per heavy atom. The number of para-hydroxylation sites is 1. The molecule has 206 valence electrons. The number of halogens is 1. The zero-order valence-corrected chi connectivity index (χ0v) is 23.2. The van der Waals surface area contributed by atoms with Gasteiger partial charge in [0, 0.05) is 40.8 Å². The van der Waals surface area contributed by atoms with Gasteiger partial charge >= 0.3 is 0 Å². The number of phenolic OH excluding ortho intramolecular Hbond substituents is 1. The smallest absolute Gasteiger partial charge is 0.271 e. The van der Waals surface area contributed by atoms with E-state index in [1.807, 2.05) is 6.08 Å². The van der Waals surface area contributed by atoms with Crippen LogP contribution in [0, 0.1) is 27.9 Å². The molecule has 2 aromatic carbocycles. The van der Waals surface area contributed by atoms with Gasteiger partial charge in [-0.3, -0.25) is 29.3 Å². The Morgan fingerprint density at radius 3 is 2.59 bits per heavy atom. The van der Waals surface area contributed by atoms with Gasteiger partial charge in [0.05, 0.1) is 26.9 Å². The highest BCUT2D eigenvalue weighted by Gasteiger charge is 2.57. The van der Waals surface area contributed by atoms with Crippen molar-refractivity contribution in [3.63, 3.8) is 0 Å². The van der Waals surface area contributed by atoms with Crippen LogP contribution >= 0.6 is 15.9 Å². The molecule has 0 saturated carbocycles. The summed E-state index contributed by atoms with van der Waals surface area (Å²) in [4.78, 5) is 66.1. The fourth-order valence-electron chi connectivity index (χ4n) is 6.73. The first-order valence-electron chi connectivity index (χ1n) is 13.1. The van der Waals surface area contributed by atoms with Gasteiger partial charge in [0.25, 0.3) is 5.69 Å². The number of hydrogen-bond acceptors (Lipinski definition) is 7. The van der Waals surface area contributed by atoms with Crippen molar-refractivity contribution in [3.05, 3.63) is 110 Å². The Hall–Kier alpha value is -4.44. The second kappa shape index (κ2) is 9.88. The van der Waals surface area contributed by atoms with Crippen molar-refractivity contribution in [2.24, 2.45) is 17.8 Å². The zero-order valence-electron chi connectivity index (χ0n) is 21.6. The van der Waals surface area contributed by atoms with Gasteiger partial charge in [-0.15, -0.1) is 6.58 Å². The van der Waals surface area contributed by atoms with Crippen LogP contribution in [0.3, 0.4) is 0 Å². The highest BCUT2D eigenvalue weighted by Crippen LogP contribution is 2.56. The first-order chi connectivity index (χ1) is 19.6. The van der Waals surface area contributed by atoms with Crippen molar-refractivity contribution < 1.29 is 29.2 Å². The number of rotatable bonds is 5. The lowest BCUT2D eigenvalue weighted by Crippen LogP contribution is -2.39. The second-order valence-corrected chi connectivity index (χ2v) is 11.4. The Kier molecular flexibility index (Phi) is 6.45. The maximum atomic E-state index is 14.0. The van der Waals surface area contributed by atoms with E-state index in [-0.39, 0.29) is 57.2 Å². The molecule has 1 saturated heterocycles. The Bertz CT molecular complexity index is 1700. The molecule has 41 heavy (non-hydrogen) atoms. The van der Waals surface area contributed by atoms with Crippen LogP contribution in [0.1, 0.15) is 29.9 Å². The number of carbonyl (C=O) groups excluding carboxylic acids is 4. The van der Waals surface area contributed by atoms with E-state index in [1.54, 1.807) is 24.3 Å². The third-order valence-corrected chi connectivity index (χ3v) is 9.05. The van der Waals surface area contributed by atoms with Gasteiger partial charge < -0.3 is 5.11 Å². The SMILES string of the molecule is C=CCc1cccc([C@H]2C3=CC[C@@H]4C(=O)N(c5cccc([N+](=O)[O-])c5)C(=O)[C@@H]4[C@@H]3CC3=C2C(=O)C=C(Br)C3=O)c1O. The summed E-state index contributed by atoms with van der Waals surface area (Å²) in [6.07, 6.45) is 5.40. The standard InChI is InChI=1S/C31H23BrN2O7/c1-2-5-15-6-3-9-19(28(15)36)25-18-10-11-20-26(21(18)13-22-27(25)24(35)14-23(32)29(22)37)31(39)33(30(20)38)16-7-4-8-17(12-16)34(40)41/h2-4,6-10,12,14,20-21,25-26,36H,1,5,11,13H2/t20-,21+,25+,26-/m0/s1. The second-order valence-electron chi connectivity index (χ2n) is 10.5. The summed E-state index contributed by atoms with van der Waals surface area (Å²) in [5.41, 5.74) is 2.12.